The average Bonchev–Trinajstić information content (AvgIpc) is 3.38. The van der Waals surface area contributed by atoms with Gasteiger partial charge in [-0.2, -0.15) is 0 Å². The molecule has 0 amide bonds. The van der Waals surface area contributed by atoms with Gasteiger partial charge in [0.05, 0.1) is 34.5 Å². The summed E-state index contributed by atoms with van der Waals surface area (Å²) < 4.78 is 11.1. The van der Waals surface area contributed by atoms with Gasteiger partial charge in [-0.1, -0.05) is 42.4 Å². The molecule has 0 unspecified atom stereocenters. The zero-order valence-electron chi connectivity index (χ0n) is 20.9. The van der Waals surface area contributed by atoms with E-state index in [1.165, 1.54) is 0 Å². The second kappa shape index (κ2) is 9.37. The van der Waals surface area contributed by atoms with Crippen LogP contribution in [0.3, 0.4) is 0 Å². The van der Waals surface area contributed by atoms with Crippen LogP contribution in [0, 0.1) is 0 Å². The second-order valence-corrected chi connectivity index (χ2v) is 9.28. The van der Waals surface area contributed by atoms with Gasteiger partial charge in [0, 0.05) is 43.0 Å². The van der Waals surface area contributed by atoms with E-state index in [9.17, 15) is 9.59 Å². The molecular weight excluding hydrogens is 468 g/mol. The highest BCUT2D eigenvalue weighted by Gasteiger charge is 2.34. The zero-order chi connectivity index (χ0) is 25.5. The van der Waals surface area contributed by atoms with Crippen molar-refractivity contribution in [3.8, 4) is 11.3 Å². The minimum Gasteiger partial charge on any atom is -0.462 e. The highest BCUT2D eigenvalue weighted by atomic mass is 16.5. The molecule has 2 heterocycles. The lowest BCUT2D eigenvalue weighted by molar-refractivity contribution is 0.0526. The first-order valence-corrected chi connectivity index (χ1v) is 12.7. The summed E-state index contributed by atoms with van der Waals surface area (Å²) in [7, 11) is 0. The van der Waals surface area contributed by atoms with Gasteiger partial charge in [0.1, 0.15) is 5.52 Å². The number of piperazine rings is 1. The summed E-state index contributed by atoms with van der Waals surface area (Å²) in [5.41, 5.74) is 5.29. The van der Waals surface area contributed by atoms with Crippen molar-refractivity contribution in [1.29, 1.82) is 0 Å². The van der Waals surface area contributed by atoms with Crippen LogP contribution in [0.5, 0.6) is 0 Å². The molecule has 1 N–H and O–H groups in total. The normalized spacial score (nSPS) is 15.1. The van der Waals surface area contributed by atoms with Crippen LogP contribution in [-0.4, -0.2) is 61.1 Å². The molecule has 3 aromatic carbocycles. The molecule has 4 aromatic rings. The van der Waals surface area contributed by atoms with Gasteiger partial charge in [-0.05, 0) is 37.7 Å². The Labute approximate surface area is 214 Å². The predicted octanol–water partition coefficient (Wildman–Crippen LogP) is 5.10. The molecule has 1 fully saturated rings. The van der Waals surface area contributed by atoms with Gasteiger partial charge in [-0.15, -0.1) is 0 Å². The maximum absolute atomic E-state index is 13.8. The van der Waals surface area contributed by atoms with Crippen molar-refractivity contribution < 1.29 is 18.8 Å². The Kier molecular flexibility index (Phi) is 5.88. The van der Waals surface area contributed by atoms with Crippen molar-refractivity contribution in [2.24, 2.45) is 0 Å². The molecule has 1 aromatic heterocycles. The van der Waals surface area contributed by atoms with Crippen molar-refractivity contribution in [3.05, 3.63) is 71.3 Å². The van der Waals surface area contributed by atoms with Gasteiger partial charge >= 0.3 is 5.97 Å². The molecule has 0 atom stereocenters. The molecule has 0 spiro atoms. The maximum atomic E-state index is 13.8. The first-order chi connectivity index (χ1) is 18.1. The minimum atomic E-state index is -0.385. The van der Waals surface area contributed by atoms with Crippen molar-refractivity contribution in [2.75, 3.05) is 49.5 Å². The molecule has 37 heavy (non-hydrogen) atoms. The number of ether oxygens (including phenoxy) is 1. The third kappa shape index (κ3) is 3.94. The number of esters is 1. The number of hydrogen-bond acceptors (Lipinski definition) is 8. The van der Waals surface area contributed by atoms with E-state index < -0.39 is 0 Å². The lowest BCUT2D eigenvalue weighted by Crippen LogP contribution is -2.46. The summed E-state index contributed by atoms with van der Waals surface area (Å²) in [4.78, 5) is 30.9. The molecule has 188 valence electrons. The smallest absolute Gasteiger partial charge is 0.338 e. The fourth-order valence-electron chi connectivity index (χ4n) is 5.28. The van der Waals surface area contributed by atoms with E-state index in [1.807, 2.05) is 36.4 Å². The molecule has 1 saturated heterocycles. The van der Waals surface area contributed by atoms with Crippen molar-refractivity contribution in [1.82, 2.24) is 10.1 Å². The molecule has 0 bridgehead atoms. The van der Waals surface area contributed by atoms with Gasteiger partial charge in [0.2, 0.25) is 0 Å². The molecule has 8 heteroatoms. The Bertz CT molecular complexity index is 1520. The molecular formula is C29H28N4O4. The highest BCUT2D eigenvalue weighted by molar-refractivity contribution is 6.28. The monoisotopic (exact) mass is 496 g/mol. The fourth-order valence-corrected chi connectivity index (χ4v) is 5.28. The summed E-state index contributed by atoms with van der Waals surface area (Å²) in [6, 6.07) is 16.6. The van der Waals surface area contributed by atoms with Crippen LogP contribution in [0.1, 0.15) is 40.1 Å². The molecule has 1 aliphatic heterocycles. The van der Waals surface area contributed by atoms with Gasteiger partial charge in [0.15, 0.2) is 11.5 Å². The van der Waals surface area contributed by atoms with Gasteiger partial charge in [-0.3, -0.25) is 4.79 Å². The van der Waals surface area contributed by atoms with Crippen LogP contribution in [0.25, 0.3) is 22.2 Å². The van der Waals surface area contributed by atoms with E-state index in [1.54, 1.807) is 25.1 Å². The largest absolute Gasteiger partial charge is 0.462 e. The molecule has 2 aliphatic rings. The van der Waals surface area contributed by atoms with Gasteiger partial charge in [-0.25, -0.2) is 4.79 Å². The predicted molar refractivity (Wildman–Crippen MR) is 143 cm³/mol. The van der Waals surface area contributed by atoms with Crippen molar-refractivity contribution >= 4 is 39.7 Å². The molecule has 6 rings (SSSR count). The van der Waals surface area contributed by atoms with Crippen LogP contribution >= 0.6 is 0 Å². The molecule has 1 aliphatic carbocycles. The van der Waals surface area contributed by atoms with E-state index in [4.69, 9.17) is 9.26 Å². The number of anilines is 3. The Morgan fingerprint density at radius 2 is 1.81 bits per heavy atom. The summed E-state index contributed by atoms with van der Waals surface area (Å²) in [5.74, 6) is 0.143. The van der Waals surface area contributed by atoms with Gasteiger partial charge in [0.25, 0.3) is 0 Å². The first-order valence-electron chi connectivity index (χ1n) is 12.7. The van der Waals surface area contributed by atoms with E-state index in [0.29, 0.717) is 45.9 Å². The van der Waals surface area contributed by atoms with Crippen LogP contribution in [0.2, 0.25) is 0 Å². The summed E-state index contributed by atoms with van der Waals surface area (Å²) in [6.45, 7) is 8.89. The average molecular weight is 497 g/mol. The number of carbonyl (C=O) groups is 2. The highest BCUT2D eigenvalue weighted by Crippen LogP contribution is 2.46. The van der Waals surface area contributed by atoms with Crippen molar-refractivity contribution in [2.45, 2.75) is 13.8 Å². The Morgan fingerprint density at radius 1 is 1.03 bits per heavy atom. The van der Waals surface area contributed by atoms with Crippen LogP contribution < -0.4 is 10.2 Å². The summed E-state index contributed by atoms with van der Waals surface area (Å²) >= 11 is 0. The van der Waals surface area contributed by atoms with Crippen LogP contribution in [-0.2, 0) is 4.74 Å². The van der Waals surface area contributed by atoms with E-state index in [2.05, 4.69) is 27.2 Å². The van der Waals surface area contributed by atoms with E-state index in [-0.39, 0.29) is 11.8 Å². The number of hydrogen-bond donors (Lipinski definition) is 1. The Hall–Kier alpha value is -4.17. The second-order valence-electron chi connectivity index (χ2n) is 9.28. The first kappa shape index (κ1) is 23.2. The number of nitrogens with one attached hydrogen (secondary N) is 1. The van der Waals surface area contributed by atoms with Crippen molar-refractivity contribution in [3.63, 3.8) is 0 Å². The molecule has 8 nitrogen and oxygen atoms in total. The fraction of sp³-hybridized carbons (Fsp3) is 0.276. The van der Waals surface area contributed by atoms with Crippen LogP contribution in [0.4, 0.5) is 17.1 Å². The lowest BCUT2D eigenvalue weighted by atomic mass is 9.86. The summed E-state index contributed by atoms with van der Waals surface area (Å²) in [5, 5.41) is 8.63. The molecule has 0 saturated carbocycles. The number of aromatic nitrogens is 1. The van der Waals surface area contributed by atoms with Gasteiger partial charge < -0.3 is 24.4 Å². The third-order valence-corrected chi connectivity index (χ3v) is 7.19. The number of fused-ring (bicyclic) bond motifs is 2. The Balaban J connectivity index is 1.50. The number of carbonyl (C=O) groups excluding carboxylic acids is 2. The van der Waals surface area contributed by atoms with Crippen LogP contribution in [0.15, 0.2) is 59.1 Å². The van der Waals surface area contributed by atoms with E-state index in [0.717, 1.165) is 49.4 Å². The number of rotatable bonds is 6. The number of nitrogens with zero attached hydrogens (tertiary/aromatic N) is 3. The SMILES string of the molecule is CCOC(=O)c1cccc(Nc2cc(N3CCN(CC)CC3)c3noc4c3c2C(=O)c2ccccc2-4)c1. The topological polar surface area (TPSA) is 87.9 Å². The maximum Gasteiger partial charge on any atom is 0.338 e. The standard InChI is InChI=1S/C29H28N4O4/c1-3-32-12-14-33(15-13-32)23-17-22(30-19-9-7-8-18(16-19)29(35)36-4-2)24-25-26(23)31-37-28(25)21-11-6-5-10-20(21)27(24)34/h5-11,16-17,30H,3-4,12-15H2,1-2H3. The Morgan fingerprint density at radius 3 is 2.57 bits per heavy atom. The number of benzene rings is 3. The number of likely N-dealkylation sites (N-methyl/N-ethyl adjacent to an activating group) is 1. The third-order valence-electron chi connectivity index (χ3n) is 7.19. The molecule has 0 radical (unpaired) electrons. The minimum absolute atomic E-state index is 0.0808. The summed E-state index contributed by atoms with van der Waals surface area (Å²) in [6.07, 6.45) is 0. The number of ketones is 1. The quantitative estimate of drug-likeness (QED) is 0.325. The zero-order valence-corrected chi connectivity index (χ0v) is 20.9. The van der Waals surface area contributed by atoms with E-state index >= 15 is 0 Å². The lowest BCUT2D eigenvalue weighted by Gasteiger charge is -2.36.